The first-order valence-electron chi connectivity index (χ1n) is 11.0. The summed E-state index contributed by atoms with van der Waals surface area (Å²) in [5, 5.41) is 3.03. The Morgan fingerprint density at radius 1 is 1.15 bits per heavy atom. The standard InChI is InChI=1S/C23H30N4O5S/c1-16(17-6-4-3-5-7-17)24-23(28)20-15-19(25-26-20)18-8-9-21(31-2)22(14-18)33(29,30)27-10-12-32-13-11-27/h3-9,14,16,19-20,25-26H,10-13,15H2,1-2H3,(H,24,28). The second-order valence-electron chi connectivity index (χ2n) is 8.20. The van der Waals surface area contributed by atoms with Gasteiger partial charge in [0, 0.05) is 19.1 Å². The summed E-state index contributed by atoms with van der Waals surface area (Å²) in [7, 11) is -2.28. The highest BCUT2D eigenvalue weighted by Crippen LogP contribution is 2.32. The molecule has 0 aromatic heterocycles. The molecule has 0 radical (unpaired) electrons. The highest BCUT2D eigenvalue weighted by Gasteiger charge is 2.34. The maximum absolute atomic E-state index is 13.3. The number of hydrogen-bond acceptors (Lipinski definition) is 7. The van der Waals surface area contributed by atoms with Gasteiger partial charge in [-0.15, -0.1) is 0 Å². The smallest absolute Gasteiger partial charge is 0.246 e. The molecule has 3 N–H and O–H groups in total. The molecule has 3 atom stereocenters. The molecule has 2 fully saturated rings. The van der Waals surface area contributed by atoms with E-state index in [4.69, 9.17) is 9.47 Å². The van der Waals surface area contributed by atoms with Crippen LogP contribution < -0.4 is 20.9 Å². The molecule has 2 aliphatic heterocycles. The molecule has 0 spiro atoms. The molecule has 178 valence electrons. The molecule has 2 saturated heterocycles. The first-order chi connectivity index (χ1) is 15.9. The molecule has 2 heterocycles. The molecule has 4 rings (SSSR count). The van der Waals surface area contributed by atoms with Crippen LogP contribution in [0.15, 0.2) is 53.4 Å². The van der Waals surface area contributed by atoms with Crippen molar-refractivity contribution in [1.29, 1.82) is 0 Å². The van der Waals surface area contributed by atoms with Gasteiger partial charge in [-0.1, -0.05) is 36.4 Å². The normalized spacial score (nSPS) is 22.6. The van der Waals surface area contributed by atoms with E-state index in [0.29, 0.717) is 38.5 Å². The van der Waals surface area contributed by atoms with Crippen LogP contribution in [0, 0.1) is 0 Å². The van der Waals surface area contributed by atoms with Gasteiger partial charge >= 0.3 is 0 Å². The van der Waals surface area contributed by atoms with Crippen molar-refractivity contribution < 1.29 is 22.7 Å². The van der Waals surface area contributed by atoms with Crippen LogP contribution in [0.3, 0.4) is 0 Å². The Balaban J connectivity index is 1.47. The Morgan fingerprint density at radius 3 is 2.58 bits per heavy atom. The number of benzene rings is 2. The van der Waals surface area contributed by atoms with Gasteiger partial charge in [0.05, 0.1) is 26.4 Å². The molecule has 0 saturated carbocycles. The molecular weight excluding hydrogens is 444 g/mol. The average Bonchev–Trinajstić information content (AvgIpc) is 3.35. The fourth-order valence-corrected chi connectivity index (χ4v) is 5.72. The summed E-state index contributed by atoms with van der Waals surface area (Å²) in [5.41, 5.74) is 7.97. The summed E-state index contributed by atoms with van der Waals surface area (Å²) >= 11 is 0. The van der Waals surface area contributed by atoms with Gasteiger partial charge in [0.2, 0.25) is 15.9 Å². The highest BCUT2D eigenvalue weighted by molar-refractivity contribution is 7.89. The van der Waals surface area contributed by atoms with Gasteiger partial charge in [-0.3, -0.25) is 4.79 Å². The second-order valence-corrected chi connectivity index (χ2v) is 10.1. The minimum absolute atomic E-state index is 0.115. The first-order valence-corrected chi connectivity index (χ1v) is 12.5. The average molecular weight is 475 g/mol. The summed E-state index contributed by atoms with van der Waals surface area (Å²) in [6.07, 6.45) is 0.483. The van der Waals surface area contributed by atoms with E-state index >= 15 is 0 Å². The topological polar surface area (TPSA) is 109 Å². The van der Waals surface area contributed by atoms with Crippen LogP contribution >= 0.6 is 0 Å². The van der Waals surface area contributed by atoms with Crippen molar-refractivity contribution >= 4 is 15.9 Å². The van der Waals surface area contributed by atoms with Gasteiger partial charge in [0.15, 0.2) is 0 Å². The van der Waals surface area contributed by atoms with Crippen molar-refractivity contribution in [3.8, 4) is 5.75 Å². The lowest BCUT2D eigenvalue weighted by Crippen LogP contribution is -2.43. The molecule has 10 heteroatoms. The summed E-state index contributed by atoms with van der Waals surface area (Å²) in [6, 6.07) is 14.1. The van der Waals surface area contributed by atoms with Gasteiger partial charge in [0.25, 0.3) is 0 Å². The lowest BCUT2D eigenvalue weighted by atomic mass is 10.0. The summed E-state index contributed by atoms with van der Waals surface area (Å²) in [4.78, 5) is 12.9. The minimum Gasteiger partial charge on any atom is -0.495 e. The van der Waals surface area contributed by atoms with Crippen molar-refractivity contribution in [2.45, 2.75) is 36.4 Å². The second kappa shape index (κ2) is 10.2. The van der Waals surface area contributed by atoms with E-state index in [1.54, 1.807) is 12.1 Å². The van der Waals surface area contributed by atoms with Crippen LogP contribution in [-0.4, -0.2) is 58.1 Å². The lowest BCUT2D eigenvalue weighted by molar-refractivity contribution is -0.123. The number of methoxy groups -OCH3 is 1. The summed E-state index contributed by atoms with van der Waals surface area (Å²) in [6.45, 7) is 3.29. The Bertz CT molecular complexity index is 1070. The zero-order valence-corrected chi connectivity index (χ0v) is 19.6. The molecule has 0 aliphatic carbocycles. The SMILES string of the molecule is COc1ccc(C2CC(C(=O)NC(C)c3ccccc3)NN2)cc1S(=O)(=O)N1CCOCC1. The number of sulfonamides is 1. The van der Waals surface area contributed by atoms with Crippen molar-refractivity contribution in [3.63, 3.8) is 0 Å². The third-order valence-corrected chi connectivity index (χ3v) is 7.98. The van der Waals surface area contributed by atoms with Crippen molar-refractivity contribution in [2.24, 2.45) is 0 Å². The predicted molar refractivity (Wildman–Crippen MR) is 123 cm³/mol. The van der Waals surface area contributed by atoms with E-state index in [1.807, 2.05) is 43.3 Å². The fourth-order valence-electron chi connectivity index (χ4n) is 4.12. The third kappa shape index (κ3) is 5.20. The largest absolute Gasteiger partial charge is 0.495 e. The molecule has 33 heavy (non-hydrogen) atoms. The van der Waals surface area contributed by atoms with Crippen LogP contribution in [0.5, 0.6) is 5.75 Å². The van der Waals surface area contributed by atoms with Crippen LogP contribution in [0.2, 0.25) is 0 Å². The molecule has 2 aromatic carbocycles. The number of morpholine rings is 1. The Labute approximate surface area is 194 Å². The zero-order valence-electron chi connectivity index (χ0n) is 18.8. The van der Waals surface area contributed by atoms with Crippen molar-refractivity contribution in [2.75, 3.05) is 33.4 Å². The van der Waals surface area contributed by atoms with Gasteiger partial charge in [-0.05, 0) is 36.6 Å². The van der Waals surface area contributed by atoms with E-state index < -0.39 is 16.1 Å². The van der Waals surface area contributed by atoms with E-state index in [1.165, 1.54) is 11.4 Å². The number of nitrogens with one attached hydrogen (secondary N) is 3. The molecule has 2 aliphatic rings. The molecule has 0 bridgehead atoms. The lowest BCUT2D eigenvalue weighted by Gasteiger charge is -2.27. The van der Waals surface area contributed by atoms with Crippen molar-refractivity contribution in [3.05, 3.63) is 59.7 Å². The van der Waals surface area contributed by atoms with Gasteiger partial charge in [0.1, 0.15) is 16.7 Å². The number of rotatable bonds is 7. The Kier molecular flexibility index (Phi) is 7.30. The van der Waals surface area contributed by atoms with E-state index in [-0.39, 0.29) is 22.9 Å². The van der Waals surface area contributed by atoms with Crippen LogP contribution in [0.25, 0.3) is 0 Å². The maximum atomic E-state index is 13.3. The number of hydrogen-bond donors (Lipinski definition) is 3. The monoisotopic (exact) mass is 474 g/mol. The molecular formula is C23H30N4O5S. The maximum Gasteiger partial charge on any atom is 0.246 e. The fraction of sp³-hybridized carbons (Fsp3) is 0.435. The van der Waals surface area contributed by atoms with E-state index in [9.17, 15) is 13.2 Å². The van der Waals surface area contributed by atoms with Gasteiger partial charge < -0.3 is 14.8 Å². The number of carbonyl (C=O) groups excluding carboxylic acids is 1. The van der Waals surface area contributed by atoms with Gasteiger partial charge in [-0.25, -0.2) is 19.3 Å². The minimum atomic E-state index is -3.73. The summed E-state index contributed by atoms with van der Waals surface area (Å²) in [5.74, 6) is 0.179. The first kappa shape index (κ1) is 23.7. The van der Waals surface area contributed by atoms with Crippen LogP contribution in [-0.2, 0) is 19.6 Å². The number of ether oxygens (including phenoxy) is 2. The predicted octanol–water partition coefficient (Wildman–Crippen LogP) is 1.50. The number of hydrazine groups is 1. The zero-order chi connectivity index (χ0) is 23.4. The van der Waals surface area contributed by atoms with E-state index in [0.717, 1.165) is 11.1 Å². The Hall–Kier alpha value is -2.50. The number of amides is 1. The quantitative estimate of drug-likeness (QED) is 0.558. The highest BCUT2D eigenvalue weighted by atomic mass is 32.2. The van der Waals surface area contributed by atoms with E-state index in [2.05, 4.69) is 16.2 Å². The summed E-state index contributed by atoms with van der Waals surface area (Å²) < 4.78 is 38.6. The molecule has 3 unspecified atom stereocenters. The molecule has 1 amide bonds. The molecule has 2 aromatic rings. The van der Waals surface area contributed by atoms with Gasteiger partial charge in [-0.2, -0.15) is 4.31 Å². The Morgan fingerprint density at radius 2 is 1.88 bits per heavy atom. The van der Waals surface area contributed by atoms with Crippen LogP contribution in [0.1, 0.15) is 36.6 Å². The number of carbonyl (C=O) groups is 1. The number of nitrogens with zero attached hydrogens (tertiary/aromatic N) is 1. The van der Waals surface area contributed by atoms with Crippen LogP contribution in [0.4, 0.5) is 0 Å². The van der Waals surface area contributed by atoms with Crippen molar-refractivity contribution in [1.82, 2.24) is 20.5 Å². The third-order valence-electron chi connectivity index (χ3n) is 6.06. The molecule has 9 nitrogen and oxygen atoms in total.